The number of amidine groups is 2. The van der Waals surface area contributed by atoms with Crippen LogP contribution in [0.5, 0.6) is 0 Å². The van der Waals surface area contributed by atoms with Gasteiger partial charge in [-0.15, -0.1) is 0 Å². The number of hydrogen-bond donors (Lipinski definition) is 4. The molecule has 7 saturated carbocycles. The minimum absolute atomic E-state index is 0.0640. The third-order valence-corrected chi connectivity index (χ3v) is 16.7. The lowest BCUT2D eigenvalue weighted by Crippen LogP contribution is -2.51. The minimum atomic E-state index is 0.0640. The predicted octanol–water partition coefficient (Wildman–Crippen LogP) is 8.31. The van der Waals surface area contributed by atoms with E-state index in [1.54, 1.807) is 6.92 Å². The molecule has 13 heteroatoms. The molecule has 0 aromatic rings. The highest BCUT2D eigenvalue weighted by molar-refractivity contribution is 5.88. The zero-order chi connectivity index (χ0) is 41.7. The van der Waals surface area contributed by atoms with Crippen molar-refractivity contribution in [3.05, 3.63) is 0 Å². The molecule has 4 atom stereocenters. The lowest BCUT2D eigenvalue weighted by Gasteiger charge is -2.35. The number of ether oxygens (including phenoxy) is 1. The maximum atomic E-state index is 13.2. The van der Waals surface area contributed by atoms with E-state index in [4.69, 9.17) is 35.2 Å². The Balaban J connectivity index is 0.636. The van der Waals surface area contributed by atoms with Crippen molar-refractivity contribution in [2.24, 2.45) is 54.1 Å². The number of rotatable bonds is 11. The zero-order valence-corrected chi connectivity index (χ0v) is 37.5. The van der Waals surface area contributed by atoms with Gasteiger partial charge in [-0.1, -0.05) is 6.92 Å². The van der Waals surface area contributed by atoms with Gasteiger partial charge in [0.15, 0.2) is 0 Å². The Labute approximate surface area is 365 Å². The summed E-state index contributed by atoms with van der Waals surface area (Å²) in [7, 11) is 0. The van der Waals surface area contributed by atoms with Gasteiger partial charge in [-0.05, 0) is 173 Å². The van der Waals surface area contributed by atoms with Gasteiger partial charge in [-0.2, -0.15) is 20.5 Å². The van der Waals surface area contributed by atoms with Gasteiger partial charge in [0, 0.05) is 36.8 Å². The van der Waals surface area contributed by atoms with Gasteiger partial charge < -0.3 is 26.0 Å². The molecule has 0 spiro atoms. The highest BCUT2D eigenvalue weighted by atomic mass is 16.5. The first-order valence-corrected chi connectivity index (χ1v) is 25.5. The van der Waals surface area contributed by atoms with Crippen LogP contribution in [0.2, 0.25) is 0 Å². The second-order valence-electron chi connectivity index (χ2n) is 21.3. The topological polar surface area (TPSA) is 166 Å². The first-order valence-electron chi connectivity index (χ1n) is 25.5. The van der Waals surface area contributed by atoms with Crippen LogP contribution in [0.1, 0.15) is 181 Å². The molecule has 0 radical (unpaired) electrons. The summed E-state index contributed by atoms with van der Waals surface area (Å²) in [6.07, 6.45) is 28.7. The van der Waals surface area contributed by atoms with Crippen molar-refractivity contribution in [2.75, 3.05) is 0 Å². The molecule has 4 N–H and O–H groups in total. The number of nitrogens with zero attached hydrogens (tertiary/aromatic N) is 6. The number of amides is 2. The number of aliphatic imine (C=N–C) groups is 2. The molecule has 2 heterocycles. The fourth-order valence-electron chi connectivity index (χ4n) is 12.7. The molecule has 9 rings (SSSR count). The van der Waals surface area contributed by atoms with Gasteiger partial charge in [0.1, 0.15) is 11.7 Å². The molecule has 0 bridgehead atoms. The van der Waals surface area contributed by atoms with E-state index < -0.39 is 0 Å². The maximum absolute atomic E-state index is 13.2. The van der Waals surface area contributed by atoms with Crippen molar-refractivity contribution in [1.82, 2.24) is 21.3 Å². The first kappa shape index (κ1) is 43.3. The van der Waals surface area contributed by atoms with E-state index in [2.05, 4.69) is 28.2 Å². The van der Waals surface area contributed by atoms with Gasteiger partial charge in [0.25, 0.3) is 0 Å². The molecule has 61 heavy (non-hydrogen) atoms. The normalized spacial score (nSPS) is 43.0. The lowest BCUT2D eigenvalue weighted by atomic mass is 9.84. The predicted molar refractivity (Wildman–Crippen MR) is 239 cm³/mol. The Morgan fingerprint density at radius 1 is 0.525 bits per heavy atom. The van der Waals surface area contributed by atoms with Crippen LogP contribution in [-0.4, -0.2) is 96.1 Å². The van der Waals surface area contributed by atoms with Crippen LogP contribution >= 0.6 is 0 Å². The maximum Gasteiger partial charge on any atom is 0.223 e. The van der Waals surface area contributed by atoms with Gasteiger partial charge in [-0.25, -0.2) is 0 Å². The highest BCUT2D eigenvalue weighted by Crippen LogP contribution is 2.38. The van der Waals surface area contributed by atoms with Crippen LogP contribution in [0.25, 0.3) is 0 Å². The lowest BCUT2D eigenvalue weighted by molar-refractivity contribution is -0.127. The number of azo groups is 2. The Kier molecular flexibility index (Phi) is 14.4. The number of hydrogen-bond acceptors (Lipinski definition) is 11. The van der Waals surface area contributed by atoms with Crippen molar-refractivity contribution < 1.29 is 14.3 Å². The molecular formula is C48H78N10O3. The van der Waals surface area contributed by atoms with Crippen LogP contribution < -0.4 is 21.3 Å². The minimum Gasteiger partial charge on any atom is -0.375 e. The molecule has 2 amide bonds. The number of nitrogens with one attached hydrogen (secondary N) is 4. The third kappa shape index (κ3) is 11.4. The Bertz CT molecular complexity index is 1590. The van der Waals surface area contributed by atoms with E-state index in [0.29, 0.717) is 72.4 Å². The first-order chi connectivity index (χ1) is 29.8. The zero-order valence-electron chi connectivity index (χ0n) is 37.5. The SMILES string of the molecule is CC(=O)NC1CCC(OC2CCC(NC(=O)C3CCC(N=NC4CCC(C5=NC6CC7N=C(C8CCC(N=NC9CCC(C)CC9)CC8)NC7CC6N5)CC4)CC3)CC2)CC1. The standard InChI is InChI=1S/C48H78N10O3/c1-29-3-11-36(12-4-29)55-56-37-13-5-31(6-14-37)46-51-42-27-44-45(28-43(42)52-46)54-47(53-44)32-7-15-38(16-8-32)57-58-39-17-9-33(10-18-39)48(60)50-35-21-25-41(26-22-35)61-40-23-19-34(20-24-40)49-30(2)59/h29,31-45H,3-28H2,1-2H3,(H,49,59)(H,50,60)(H,51,52)(H,53,54). The third-order valence-electron chi connectivity index (χ3n) is 16.7. The second kappa shape index (κ2) is 20.3. The molecule has 7 aliphatic carbocycles. The second-order valence-corrected chi connectivity index (χ2v) is 21.3. The summed E-state index contributed by atoms with van der Waals surface area (Å²) >= 11 is 0. The van der Waals surface area contributed by atoms with Gasteiger partial charge in [0.05, 0.1) is 60.5 Å². The highest BCUT2D eigenvalue weighted by Gasteiger charge is 2.45. The van der Waals surface area contributed by atoms with Crippen LogP contribution in [0.4, 0.5) is 0 Å². The van der Waals surface area contributed by atoms with E-state index in [-0.39, 0.29) is 29.8 Å². The quantitative estimate of drug-likeness (QED) is 0.154. The van der Waals surface area contributed by atoms with E-state index >= 15 is 0 Å². The van der Waals surface area contributed by atoms with Gasteiger partial charge in [-0.3, -0.25) is 19.6 Å². The molecule has 0 saturated heterocycles. The Hall–Kier alpha value is -2.96. The smallest absolute Gasteiger partial charge is 0.223 e. The van der Waals surface area contributed by atoms with Gasteiger partial charge in [0.2, 0.25) is 11.8 Å². The van der Waals surface area contributed by atoms with Crippen LogP contribution in [-0.2, 0) is 14.3 Å². The van der Waals surface area contributed by atoms with Crippen molar-refractivity contribution in [3.63, 3.8) is 0 Å². The number of carbonyl (C=O) groups is 2. The largest absolute Gasteiger partial charge is 0.375 e. The molecular weight excluding hydrogens is 765 g/mol. The summed E-state index contributed by atoms with van der Waals surface area (Å²) < 4.78 is 6.47. The van der Waals surface area contributed by atoms with Crippen LogP contribution in [0, 0.1) is 23.7 Å². The molecule has 4 unspecified atom stereocenters. The van der Waals surface area contributed by atoms with E-state index in [9.17, 15) is 9.59 Å². The molecule has 0 aromatic carbocycles. The van der Waals surface area contributed by atoms with Gasteiger partial charge >= 0.3 is 0 Å². The molecule has 7 fully saturated rings. The average Bonchev–Trinajstić information content (AvgIpc) is 3.90. The fraction of sp³-hybridized carbons (Fsp3) is 0.917. The van der Waals surface area contributed by atoms with Crippen molar-refractivity contribution in [2.45, 2.75) is 253 Å². The summed E-state index contributed by atoms with van der Waals surface area (Å²) in [4.78, 5) is 35.3. The van der Waals surface area contributed by atoms with Crippen LogP contribution in [0.3, 0.4) is 0 Å². The van der Waals surface area contributed by atoms with E-state index in [0.717, 1.165) is 134 Å². The summed E-state index contributed by atoms with van der Waals surface area (Å²) in [5, 5.41) is 33.7. The van der Waals surface area contributed by atoms with Crippen LogP contribution in [0.15, 0.2) is 30.4 Å². The van der Waals surface area contributed by atoms with E-state index in [1.165, 1.54) is 50.2 Å². The summed E-state index contributed by atoms with van der Waals surface area (Å²) in [6.45, 7) is 3.97. The molecule has 2 aliphatic heterocycles. The summed E-state index contributed by atoms with van der Waals surface area (Å²) in [5.41, 5.74) is 0. The summed E-state index contributed by atoms with van der Waals surface area (Å²) in [5.74, 6) is 4.85. The number of fused-ring (bicyclic) bond motifs is 2. The van der Waals surface area contributed by atoms with Crippen molar-refractivity contribution >= 4 is 23.5 Å². The Morgan fingerprint density at radius 2 is 0.934 bits per heavy atom. The molecule has 9 aliphatic rings. The molecule has 338 valence electrons. The van der Waals surface area contributed by atoms with Crippen molar-refractivity contribution in [1.29, 1.82) is 0 Å². The van der Waals surface area contributed by atoms with E-state index in [1.807, 2.05) is 0 Å². The molecule has 0 aromatic heterocycles. The van der Waals surface area contributed by atoms with Crippen molar-refractivity contribution in [3.8, 4) is 0 Å². The number of carbonyl (C=O) groups excluding carboxylic acids is 2. The molecule has 13 nitrogen and oxygen atoms in total. The monoisotopic (exact) mass is 843 g/mol. The average molecular weight is 843 g/mol. The Morgan fingerprint density at radius 3 is 1.38 bits per heavy atom. The fourth-order valence-corrected chi connectivity index (χ4v) is 12.7. The summed E-state index contributed by atoms with van der Waals surface area (Å²) in [6, 6.07) is 3.60.